The summed E-state index contributed by atoms with van der Waals surface area (Å²) in [5.74, 6) is 2.17. The smallest absolute Gasteiger partial charge is 0.239 e. The molecule has 3 aliphatic heterocycles. The predicted molar refractivity (Wildman–Crippen MR) is 135 cm³/mol. The third-order valence-corrected chi connectivity index (χ3v) is 6.69. The number of guanidine groups is 1. The van der Waals surface area contributed by atoms with Crippen LogP contribution < -0.4 is 5.32 Å². The fraction of sp³-hybridized carbons (Fsp3) is 0.909. The van der Waals surface area contributed by atoms with Crippen molar-refractivity contribution in [2.24, 2.45) is 10.9 Å². The van der Waals surface area contributed by atoms with Gasteiger partial charge in [0, 0.05) is 58.9 Å². The molecule has 7 nitrogen and oxygen atoms in total. The molecular weight excluding hydrogens is 491 g/mol. The van der Waals surface area contributed by atoms with Crippen LogP contribution in [0.4, 0.5) is 0 Å². The van der Waals surface area contributed by atoms with Gasteiger partial charge >= 0.3 is 0 Å². The summed E-state index contributed by atoms with van der Waals surface area (Å²) in [7, 11) is 0. The molecule has 174 valence electrons. The number of carbonyl (C=O) groups excluding carboxylic acids is 1. The highest BCUT2D eigenvalue weighted by Crippen LogP contribution is 2.15. The number of carbonyl (C=O) groups is 1. The quantitative estimate of drug-likeness (QED) is 0.321. The maximum absolute atomic E-state index is 12.7. The summed E-state index contributed by atoms with van der Waals surface area (Å²) >= 11 is 0. The van der Waals surface area contributed by atoms with Crippen LogP contribution >= 0.6 is 24.0 Å². The van der Waals surface area contributed by atoms with Crippen molar-refractivity contribution in [2.75, 3.05) is 72.0 Å². The van der Waals surface area contributed by atoms with E-state index in [-0.39, 0.29) is 30.0 Å². The largest absolute Gasteiger partial charge is 0.357 e. The number of halogens is 1. The summed E-state index contributed by atoms with van der Waals surface area (Å²) in [5.41, 5.74) is 0. The zero-order valence-corrected chi connectivity index (χ0v) is 21.6. The highest BCUT2D eigenvalue weighted by atomic mass is 127. The van der Waals surface area contributed by atoms with E-state index in [1.807, 2.05) is 4.90 Å². The molecule has 0 saturated carbocycles. The summed E-state index contributed by atoms with van der Waals surface area (Å²) in [5, 5.41) is 3.47. The van der Waals surface area contributed by atoms with Crippen LogP contribution in [0.1, 0.15) is 46.5 Å². The molecule has 3 saturated heterocycles. The molecule has 0 aliphatic carbocycles. The Labute approximate surface area is 200 Å². The van der Waals surface area contributed by atoms with Crippen molar-refractivity contribution in [1.29, 1.82) is 0 Å². The number of likely N-dealkylation sites (tertiary alicyclic amines) is 2. The number of amides is 1. The van der Waals surface area contributed by atoms with Crippen LogP contribution in [0.5, 0.6) is 0 Å². The molecule has 3 aliphatic rings. The SMILES string of the molecule is CCNC(=NCCN1CCCC(C)C1)N1CCN(C(C)C(=O)N2CCCC2)CC1.I. The second-order valence-corrected chi connectivity index (χ2v) is 9.02. The molecular formula is C22H43IN6O. The minimum absolute atomic E-state index is 0. The third-order valence-electron chi connectivity index (χ3n) is 6.69. The monoisotopic (exact) mass is 534 g/mol. The molecule has 3 fully saturated rings. The lowest BCUT2D eigenvalue weighted by molar-refractivity contribution is -0.135. The number of piperazine rings is 1. The van der Waals surface area contributed by atoms with E-state index in [4.69, 9.17) is 4.99 Å². The van der Waals surface area contributed by atoms with Gasteiger partial charge in [0.05, 0.1) is 12.6 Å². The van der Waals surface area contributed by atoms with Gasteiger partial charge in [-0.15, -0.1) is 24.0 Å². The number of rotatable bonds is 6. The lowest BCUT2D eigenvalue weighted by atomic mass is 10.0. The molecule has 0 aromatic carbocycles. The van der Waals surface area contributed by atoms with E-state index in [1.165, 1.54) is 25.9 Å². The number of hydrogen-bond donors (Lipinski definition) is 1. The maximum Gasteiger partial charge on any atom is 0.239 e. The van der Waals surface area contributed by atoms with Crippen LogP contribution in [0.2, 0.25) is 0 Å². The van der Waals surface area contributed by atoms with Crippen molar-refractivity contribution in [3.63, 3.8) is 0 Å². The van der Waals surface area contributed by atoms with Crippen molar-refractivity contribution in [3.8, 4) is 0 Å². The molecule has 30 heavy (non-hydrogen) atoms. The predicted octanol–water partition coefficient (Wildman–Crippen LogP) is 1.93. The average Bonchev–Trinajstić information content (AvgIpc) is 3.27. The fourth-order valence-electron chi connectivity index (χ4n) is 4.89. The van der Waals surface area contributed by atoms with Crippen LogP contribution in [-0.2, 0) is 4.79 Å². The van der Waals surface area contributed by atoms with Crippen LogP contribution in [0.25, 0.3) is 0 Å². The van der Waals surface area contributed by atoms with Crippen molar-refractivity contribution in [1.82, 2.24) is 24.9 Å². The third kappa shape index (κ3) is 7.22. The van der Waals surface area contributed by atoms with Gasteiger partial charge in [-0.3, -0.25) is 14.7 Å². The van der Waals surface area contributed by atoms with Crippen LogP contribution in [0, 0.1) is 5.92 Å². The van der Waals surface area contributed by atoms with Crippen LogP contribution in [0.15, 0.2) is 4.99 Å². The van der Waals surface area contributed by atoms with Gasteiger partial charge in [-0.1, -0.05) is 6.92 Å². The highest BCUT2D eigenvalue weighted by molar-refractivity contribution is 14.0. The zero-order valence-electron chi connectivity index (χ0n) is 19.3. The van der Waals surface area contributed by atoms with Gasteiger partial charge in [0.1, 0.15) is 0 Å². The second-order valence-electron chi connectivity index (χ2n) is 9.02. The summed E-state index contributed by atoms with van der Waals surface area (Å²) in [4.78, 5) is 26.9. The summed E-state index contributed by atoms with van der Waals surface area (Å²) in [6, 6.07) is -0.00383. The molecule has 0 aromatic heterocycles. The van der Waals surface area contributed by atoms with E-state index in [0.29, 0.717) is 5.91 Å². The van der Waals surface area contributed by atoms with Crippen molar-refractivity contribution >= 4 is 35.8 Å². The first-order valence-electron chi connectivity index (χ1n) is 11.9. The molecule has 2 unspecified atom stereocenters. The van der Waals surface area contributed by atoms with Gasteiger partial charge in [0.2, 0.25) is 5.91 Å². The van der Waals surface area contributed by atoms with Crippen LogP contribution in [0.3, 0.4) is 0 Å². The van der Waals surface area contributed by atoms with Gasteiger partial charge in [-0.05, 0) is 52.0 Å². The number of hydrogen-bond acceptors (Lipinski definition) is 4. The van der Waals surface area contributed by atoms with Gasteiger partial charge in [0.25, 0.3) is 0 Å². The lowest BCUT2D eigenvalue weighted by Gasteiger charge is -2.39. The number of nitrogens with zero attached hydrogens (tertiary/aromatic N) is 5. The topological polar surface area (TPSA) is 54.4 Å². The van der Waals surface area contributed by atoms with Gasteiger partial charge in [-0.2, -0.15) is 0 Å². The first-order chi connectivity index (χ1) is 14.1. The summed E-state index contributed by atoms with van der Waals surface area (Å²) < 4.78 is 0. The summed E-state index contributed by atoms with van der Waals surface area (Å²) in [6.07, 6.45) is 5.00. The molecule has 8 heteroatoms. The average molecular weight is 535 g/mol. The number of nitrogens with one attached hydrogen (secondary N) is 1. The summed E-state index contributed by atoms with van der Waals surface area (Å²) in [6.45, 7) is 17.4. The van der Waals surface area contributed by atoms with E-state index < -0.39 is 0 Å². The minimum atomic E-state index is -0.00383. The van der Waals surface area contributed by atoms with Crippen molar-refractivity contribution < 1.29 is 4.79 Å². The first kappa shape index (κ1) is 25.6. The second kappa shape index (κ2) is 13.1. The number of piperidine rings is 1. The molecule has 2 atom stereocenters. The molecule has 0 bridgehead atoms. The Morgan fingerprint density at radius 3 is 2.37 bits per heavy atom. The highest BCUT2D eigenvalue weighted by Gasteiger charge is 2.30. The molecule has 1 amide bonds. The van der Waals surface area contributed by atoms with Gasteiger partial charge in [0.15, 0.2) is 5.96 Å². The fourth-order valence-corrected chi connectivity index (χ4v) is 4.89. The molecule has 0 radical (unpaired) electrons. The van der Waals surface area contributed by atoms with Gasteiger partial charge < -0.3 is 20.0 Å². The maximum atomic E-state index is 12.7. The normalized spacial score (nSPS) is 25.2. The lowest BCUT2D eigenvalue weighted by Crippen LogP contribution is -2.57. The van der Waals surface area contributed by atoms with E-state index in [2.05, 4.69) is 40.8 Å². The van der Waals surface area contributed by atoms with E-state index >= 15 is 0 Å². The number of aliphatic imine (C=N–C) groups is 1. The molecule has 0 spiro atoms. The minimum Gasteiger partial charge on any atom is -0.357 e. The van der Waals surface area contributed by atoms with E-state index in [0.717, 1.165) is 83.6 Å². The molecule has 3 heterocycles. The molecule has 3 rings (SSSR count). The first-order valence-corrected chi connectivity index (χ1v) is 11.9. The van der Waals surface area contributed by atoms with E-state index in [1.54, 1.807) is 0 Å². The van der Waals surface area contributed by atoms with Crippen molar-refractivity contribution in [2.45, 2.75) is 52.5 Å². The van der Waals surface area contributed by atoms with E-state index in [9.17, 15) is 4.79 Å². The Morgan fingerprint density at radius 1 is 1.03 bits per heavy atom. The van der Waals surface area contributed by atoms with Gasteiger partial charge in [-0.25, -0.2) is 0 Å². The standard InChI is InChI=1S/C22H42N6O.HI/c1-4-23-22(24-9-13-25-10-7-8-19(2)18-25)28-16-14-26(15-17-28)20(3)21(29)27-11-5-6-12-27;/h19-20H,4-18H2,1-3H3,(H,23,24);1H. The van der Waals surface area contributed by atoms with Crippen molar-refractivity contribution in [3.05, 3.63) is 0 Å². The Balaban J connectivity index is 0.00000320. The Hall–Kier alpha value is -0.610. The Morgan fingerprint density at radius 2 is 1.73 bits per heavy atom. The van der Waals surface area contributed by atoms with Crippen LogP contribution in [-0.4, -0.2) is 110 Å². The molecule has 0 aromatic rings. The Kier molecular flexibility index (Phi) is 11.2. The zero-order chi connectivity index (χ0) is 20.6. The Bertz CT molecular complexity index is 546. The molecule has 1 N–H and O–H groups in total.